The summed E-state index contributed by atoms with van der Waals surface area (Å²) in [5.41, 5.74) is 2.08. The lowest BCUT2D eigenvalue weighted by Gasteiger charge is -2.29. The van der Waals surface area contributed by atoms with Gasteiger partial charge in [-0.3, -0.25) is 0 Å². The molecule has 2 N–H and O–H groups in total. The summed E-state index contributed by atoms with van der Waals surface area (Å²) in [5, 5.41) is 8.36. The van der Waals surface area contributed by atoms with Crippen molar-refractivity contribution in [2.45, 2.75) is 19.5 Å². The van der Waals surface area contributed by atoms with Crippen LogP contribution in [-0.2, 0) is 11.3 Å². The van der Waals surface area contributed by atoms with Gasteiger partial charge >= 0.3 is 6.03 Å². The number of morpholine rings is 1. The van der Waals surface area contributed by atoms with Crippen LogP contribution < -0.4 is 15.5 Å². The van der Waals surface area contributed by atoms with E-state index >= 15 is 0 Å². The van der Waals surface area contributed by atoms with E-state index in [1.54, 1.807) is 6.20 Å². The zero-order valence-corrected chi connectivity index (χ0v) is 16.6. The lowest BCUT2D eigenvalue weighted by atomic mass is 10.0. The molecule has 1 aliphatic heterocycles. The van der Waals surface area contributed by atoms with E-state index in [2.05, 4.69) is 50.8 Å². The number of amides is 2. The summed E-state index contributed by atoms with van der Waals surface area (Å²) in [4.78, 5) is 19.2. The Bertz CT molecular complexity index is 985. The Labute approximate surface area is 170 Å². The number of benzene rings is 2. The number of fused-ring (bicyclic) bond motifs is 1. The van der Waals surface area contributed by atoms with Gasteiger partial charge in [0, 0.05) is 31.4 Å². The van der Waals surface area contributed by atoms with Crippen LogP contribution in [0.3, 0.4) is 0 Å². The van der Waals surface area contributed by atoms with Crippen molar-refractivity contribution < 1.29 is 9.53 Å². The van der Waals surface area contributed by atoms with Gasteiger partial charge in [0.05, 0.1) is 19.3 Å². The zero-order valence-electron chi connectivity index (χ0n) is 16.6. The van der Waals surface area contributed by atoms with Crippen molar-refractivity contribution in [1.82, 2.24) is 15.6 Å². The highest BCUT2D eigenvalue weighted by atomic mass is 16.5. The smallest absolute Gasteiger partial charge is 0.315 e. The van der Waals surface area contributed by atoms with E-state index in [1.165, 1.54) is 10.8 Å². The Hall–Kier alpha value is -3.12. The molecule has 0 bridgehead atoms. The molecule has 150 valence electrons. The molecule has 1 aliphatic rings. The Kier molecular flexibility index (Phi) is 5.91. The molecule has 2 amide bonds. The van der Waals surface area contributed by atoms with Gasteiger partial charge in [-0.25, -0.2) is 9.78 Å². The SMILES string of the molecule is CC(NC(=O)NCc1cccnc1N1CCOCC1)c1ccc2ccccc2c1. The Morgan fingerprint density at radius 2 is 1.90 bits per heavy atom. The van der Waals surface area contributed by atoms with Gasteiger partial charge in [-0.2, -0.15) is 0 Å². The first-order chi connectivity index (χ1) is 14.2. The van der Waals surface area contributed by atoms with E-state index in [0.29, 0.717) is 19.8 Å². The van der Waals surface area contributed by atoms with Crippen molar-refractivity contribution in [3.05, 3.63) is 71.9 Å². The minimum atomic E-state index is -0.192. The van der Waals surface area contributed by atoms with Gasteiger partial charge in [-0.15, -0.1) is 0 Å². The largest absolute Gasteiger partial charge is 0.378 e. The van der Waals surface area contributed by atoms with E-state index < -0.39 is 0 Å². The summed E-state index contributed by atoms with van der Waals surface area (Å²) in [7, 11) is 0. The number of ether oxygens (including phenoxy) is 1. The molecule has 6 nitrogen and oxygen atoms in total. The number of anilines is 1. The van der Waals surface area contributed by atoms with E-state index in [-0.39, 0.29) is 12.1 Å². The monoisotopic (exact) mass is 390 g/mol. The fourth-order valence-electron chi connectivity index (χ4n) is 3.61. The fraction of sp³-hybridized carbons (Fsp3) is 0.304. The van der Waals surface area contributed by atoms with Crippen LogP contribution in [0.5, 0.6) is 0 Å². The molecule has 6 heteroatoms. The van der Waals surface area contributed by atoms with Crippen molar-refractivity contribution in [2.24, 2.45) is 0 Å². The quantitative estimate of drug-likeness (QED) is 0.698. The van der Waals surface area contributed by atoms with Crippen molar-refractivity contribution in [3.63, 3.8) is 0 Å². The standard InChI is InChI=1S/C23H26N4O2/c1-17(19-9-8-18-5-2-3-6-20(18)15-19)26-23(28)25-16-21-7-4-10-24-22(21)27-11-13-29-14-12-27/h2-10,15,17H,11-14,16H2,1H3,(H2,25,26,28). The average Bonchev–Trinajstić information content (AvgIpc) is 2.78. The van der Waals surface area contributed by atoms with Crippen LogP contribution in [0.2, 0.25) is 0 Å². The second-order valence-electron chi connectivity index (χ2n) is 7.24. The predicted octanol–water partition coefficient (Wildman–Crippen LogP) is 3.63. The van der Waals surface area contributed by atoms with Crippen LogP contribution in [-0.4, -0.2) is 37.3 Å². The molecule has 0 aliphatic carbocycles. The second-order valence-corrected chi connectivity index (χ2v) is 7.24. The van der Waals surface area contributed by atoms with Gasteiger partial charge in [0.2, 0.25) is 0 Å². The number of urea groups is 1. The van der Waals surface area contributed by atoms with Gasteiger partial charge in [0.25, 0.3) is 0 Å². The highest BCUT2D eigenvalue weighted by Crippen LogP contribution is 2.21. The molecular weight excluding hydrogens is 364 g/mol. The maximum atomic E-state index is 12.5. The summed E-state index contributed by atoms with van der Waals surface area (Å²) >= 11 is 0. The van der Waals surface area contributed by atoms with Crippen LogP contribution in [0.1, 0.15) is 24.1 Å². The second kappa shape index (κ2) is 8.92. The molecule has 0 radical (unpaired) electrons. The molecule has 2 heterocycles. The van der Waals surface area contributed by atoms with Gasteiger partial charge in [0.1, 0.15) is 5.82 Å². The van der Waals surface area contributed by atoms with Crippen LogP contribution in [0.25, 0.3) is 10.8 Å². The number of pyridine rings is 1. The predicted molar refractivity (Wildman–Crippen MR) is 115 cm³/mol. The van der Waals surface area contributed by atoms with E-state index in [1.807, 2.05) is 31.2 Å². The molecule has 4 rings (SSSR count). The maximum absolute atomic E-state index is 12.5. The first-order valence-electron chi connectivity index (χ1n) is 10.0. The van der Waals surface area contributed by atoms with Crippen molar-refractivity contribution >= 4 is 22.6 Å². The minimum Gasteiger partial charge on any atom is -0.378 e. The van der Waals surface area contributed by atoms with Crippen LogP contribution in [0.15, 0.2) is 60.8 Å². The third kappa shape index (κ3) is 4.66. The molecule has 0 saturated carbocycles. The number of carbonyl (C=O) groups excluding carboxylic acids is 1. The molecule has 1 aromatic heterocycles. The summed E-state index contributed by atoms with van der Waals surface area (Å²) < 4.78 is 5.42. The van der Waals surface area contributed by atoms with Crippen molar-refractivity contribution in [1.29, 1.82) is 0 Å². The summed E-state index contributed by atoms with van der Waals surface area (Å²) in [5.74, 6) is 0.915. The summed E-state index contributed by atoms with van der Waals surface area (Å²) in [6.07, 6.45) is 1.79. The molecule has 1 saturated heterocycles. The van der Waals surface area contributed by atoms with Gasteiger partial charge in [-0.1, -0.05) is 42.5 Å². The fourth-order valence-corrected chi connectivity index (χ4v) is 3.61. The first kappa shape index (κ1) is 19.2. The number of hydrogen-bond acceptors (Lipinski definition) is 4. The number of hydrogen-bond donors (Lipinski definition) is 2. The third-order valence-electron chi connectivity index (χ3n) is 5.24. The number of nitrogens with zero attached hydrogens (tertiary/aromatic N) is 2. The highest BCUT2D eigenvalue weighted by Gasteiger charge is 2.16. The van der Waals surface area contributed by atoms with Gasteiger partial charge < -0.3 is 20.3 Å². The lowest BCUT2D eigenvalue weighted by molar-refractivity contribution is 0.122. The first-order valence-corrected chi connectivity index (χ1v) is 10.0. The Morgan fingerprint density at radius 3 is 2.72 bits per heavy atom. The number of carbonyl (C=O) groups is 1. The topological polar surface area (TPSA) is 66.5 Å². The minimum absolute atomic E-state index is 0.0905. The number of aromatic nitrogens is 1. The summed E-state index contributed by atoms with van der Waals surface area (Å²) in [6, 6.07) is 18.1. The van der Waals surface area contributed by atoms with Crippen molar-refractivity contribution in [3.8, 4) is 0 Å². The molecule has 29 heavy (non-hydrogen) atoms. The molecule has 1 atom stereocenters. The Balaban J connectivity index is 1.37. The molecule has 0 spiro atoms. The number of nitrogens with one attached hydrogen (secondary N) is 2. The molecule has 2 aromatic carbocycles. The van der Waals surface area contributed by atoms with Crippen LogP contribution in [0, 0.1) is 0 Å². The van der Waals surface area contributed by atoms with E-state index in [9.17, 15) is 4.79 Å². The molecular formula is C23H26N4O2. The van der Waals surface area contributed by atoms with Gasteiger partial charge in [0.15, 0.2) is 0 Å². The third-order valence-corrected chi connectivity index (χ3v) is 5.24. The molecule has 3 aromatic rings. The van der Waals surface area contributed by atoms with Gasteiger partial charge in [-0.05, 0) is 35.4 Å². The Morgan fingerprint density at radius 1 is 1.10 bits per heavy atom. The normalized spacial score (nSPS) is 15.1. The maximum Gasteiger partial charge on any atom is 0.315 e. The van der Waals surface area contributed by atoms with E-state index in [4.69, 9.17) is 4.74 Å². The highest BCUT2D eigenvalue weighted by molar-refractivity contribution is 5.83. The van der Waals surface area contributed by atoms with Crippen molar-refractivity contribution in [2.75, 3.05) is 31.2 Å². The van der Waals surface area contributed by atoms with Crippen LogP contribution >= 0.6 is 0 Å². The zero-order chi connectivity index (χ0) is 20.1. The summed E-state index contributed by atoms with van der Waals surface area (Å²) in [6.45, 7) is 5.45. The van der Waals surface area contributed by atoms with Crippen LogP contribution in [0.4, 0.5) is 10.6 Å². The molecule has 1 unspecified atom stereocenters. The number of rotatable bonds is 5. The molecule has 1 fully saturated rings. The lowest BCUT2D eigenvalue weighted by Crippen LogP contribution is -2.39. The van der Waals surface area contributed by atoms with E-state index in [0.717, 1.165) is 30.0 Å². The average molecular weight is 390 g/mol.